The van der Waals surface area contributed by atoms with E-state index < -0.39 is 5.54 Å². The van der Waals surface area contributed by atoms with Crippen molar-refractivity contribution in [3.63, 3.8) is 0 Å². The third kappa shape index (κ3) is 1.61. The van der Waals surface area contributed by atoms with Gasteiger partial charge in [0.25, 0.3) is 0 Å². The molecule has 1 aromatic carbocycles. The van der Waals surface area contributed by atoms with E-state index in [2.05, 4.69) is 6.07 Å². The zero-order valence-electron chi connectivity index (χ0n) is 8.58. The average molecular weight is 192 g/mol. The van der Waals surface area contributed by atoms with Crippen molar-refractivity contribution in [2.75, 3.05) is 14.1 Å². The number of hydrogen-bond acceptors (Lipinski definition) is 2. The second kappa shape index (κ2) is 3.77. The first-order chi connectivity index (χ1) is 6.52. The van der Waals surface area contributed by atoms with Gasteiger partial charge in [0.05, 0.1) is 6.07 Å². The minimum absolute atomic E-state index is 0.342. The summed E-state index contributed by atoms with van der Waals surface area (Å²) in [5, 5.41) is 9.08. The summed E-state index contributed by atoms with van der Waals surface area (Å²) < 4.78 is 13.5. The fraction of sp³-hybridized carbons (Fsp3) is 0.364. The van der Waals surface area contributed by atoms with E-state index in [0.29, 0.717) is 5.56 Å². The van der Waals surface area contributed by atoms with E-state index in [-0.39, 0.29) is 5.82 Å². The maximum absolute atomic E-state index is 13.5. The Bertz CT molecular complexity index is 368. The first-order valence-corrected chi connectivity index (χ1v) is 4.36. The van der Waals surface area contributed by atoms with Crippen molar-refractivity contribution in [1.82, 2.24) is 4.90 Å². The molecule has 1 unspecified atom stereocenters. The van der Waals surface area contributed by atoms with Crippen LogP contribution in [0.1, 0.15) is 12.5 Å². The highest BCUT2D eigenvalue weighted by molar-refractivity contribution is 5.31. The van der Waals surface area contributed by atoms with E-state index in [1.807, 2.05) is 0 Å². The predicted octanol–water partition coefficient (Wildman–Crippen LogP) is 2.13. The zero-order chi connectivity index (χ0) is 10.8. The summed E-state index contributed by atoms with van der Waals surface area (Å²) in [6, 6.07) is 8.48. The van der Waals surface area contributed by atoms with Crippen LogP contribution in [0.25, 0.3) is 0 Å². The Kier molecular flexibility index (Phi) is 2.87. The van der Waals surface area contributed by atoms with Crippen LogP contribution >= 0.6 is 0 Å². The molecule has 2 nitrogen and oxygen atoms in total. The van der Waals surface area contributed by atoms with Crippen LogP contribution in [0.5, 0.6) is 0 Å². The average Bonchev–Trinajstić information content (AvgIpc) is 2.17. The number of halogens is 1. The van der Waals surface area contributed by atoms with Crippen molar-refractivity contribution in [3.8, 4) is 6.07 Å². The van der Waals surface area contributed by atoms with Gasteiger partial charge in [-0.1, -0.05) is 18.2 Å². The van der Waals surface area contributed by atoms with Crippen molar-refractivity contribution >= 4 is 0 Å². The topological polar surface area (TPSA) is 27.0 Å². The lowest BCUT2D eigenvalue weighted by atomic mass is 9.92. The molecule has 0 heterocycles. The molecule has 0 aliphatic rings. The van der Waals surface area contributed by atoms with Crippen molar-refractivity contribution in [1.29, 1.82) is 5.26 Å². The van der Waals surface area contributed by atoms with Gasteiger partial charge in [0.2, 0.25) is 0 Å². The summed E-state index contributed by atoms with van der Waals surface area (Å²) >= 11 is 0. The molecule has 0 radical (unpaired) electrons. The molecule has 3 heteroatoms. The number of rotatable bonds is 2. The fourth-order valence-electron chi connectivity index (χ4n) is 1.26. The molecule has 0 spiro atoms. The standard InChI is InChI=1S/C11H13FN2/c1-11(8-13,14(2)3)9-6-4-5-7-10(9)12/h4-7H,1-3H3. The van der Waals surface area contributed by atoms with E-state index in [0.717, 1.165) is 0 Å². The SMILES string of the molecule is CN(C)C(C)(C#N)c1ccccc1F. The molecule has 0 amide bonds. The Balaban J connectivity index is 3.28. The summed E-state index contributed by atoms with van der Waals surface area (Å²) in [6.45, 7) is 1.70. The van der Waals surface area contributed by atoms with E-state index >= 15 is 0 Å². The molecule has 74 valence electrons. The maximum Gasteiger partial charge on any atom is 0.134 e. The van der Waals surface area contributed by atoms with Gasteiger partial charge in [0.1, 0.15) is 11.4 Å². The van der Waals surface area contributed by atoms with Gasteiger partial charge in [-0.05, 0) is 27.1 Å². The van der Waals surface area contributed by atoms with Crippen molar-refractivity contribution in [3.05, 3.63) is 35.6 Å². The van der Waals surface area contributed by atoms with Crippen molar-refractivity contribution < 1.29 is 4.39 Å². The monoisotopic (exact) mass is 192 g/mol. The quantitative estimate of drug-likeness (QED) is 0.717. The van der Waals surface area contributed by atoms with Gasteiger partial charge in [-0.3, -0.25) is 4.90 Å². The summed E-state index contributed by atoms with van der Waals surface area (Å²) in [5.74, 6) is -0.342. The van der Waals surface area contributed by atoms with E-state index in [4.69, 9.17) is 5.26 Å². The van der Waals surface area contributed by atoms with Crippen LogP contribution in [-0.2, 0) is 5.54 Å². The van der Waals surface area contributed by atoms with Crippen molar-refractivity contribution in [2.24, 2.45) is 0 Å². The summed E-state index contributed by atoms with van der Waals surface area (Å²) in [7, 11) is 3.52. The Hall–Kier alpha value is -1.40. The van der Waals surface area contributed by atoms with Gasteiger partial charge < -0.3 is 0 Å². The van der Waals surface area contributed by atoms with Crippen LogP contribution in [0.4, 0.5) is 4.39 Å². The van der Waals surface area contributed by atoms with Crippen LogP contribution in [0, 0.1) is 17.1 Å². The lowest BCUT2D eigenvalue weighted by Crippen LogP contribution is -2.37. The van der Waals surface area contributed by atoms with Crippen LogP contribution in [0.2, 0.25) is 0 Å². The van der Waals surface area contributed by atoms with Gasteiger partial charge in [-0.25, -0.2) is 4.39 Å². The smallest absolute Gasteiger partial charge is 0.134 e. The predicted molar refractivity (Wildman–Crippen MR) is 53.1 cm³/mol. The molecule has 0 saturated heterocycles. The second-order valence-corrected chi connectivity index (χ2v) is 3.56. The highest BCUT2D eigenvalue weighted by Crippen LogP contribution is 2.27. The van der Waals surface area contributed by atoms with E-state index in [9.17, 15) is 4.39 Å². The normalized spacial score (nSPS) is 14.9. The van der Waals surface area contributed by atoms with Crippen LogP contribution in [0.15, 0.2) is 24.3 Å². The number of benzene rings is 1. The molecule has 0 aliphatic heterocycles. The first kappa shape index (κ1) is 10.7. The number of nitriles is 1. The Morgan fingerprint density at radius 3 is 2.36 bits per heavy atom. The molecule has 0 fully saturated rings. The third-order valence-corrected chi connectivity index (χ3v) is 2.51. The minimum atomic E-state index is -0.911. The van der Waals surface area contributed by atoms with Gasteiger partial charge in [-0.2, -0.15) is 5.26 Å². The molecule has 1 aromatic rings. The Morgan fingerprint density at radius 2 is 1.93 bits per heavy atom. The third-order valence-electron chi connectivity index (χ3n) is 2.51. The van der Waals surface area contributed by atoms with Crippen LogP contribution < -0.4 is 0 Å². The molecule has 1 rings (SSSR count). The van der Waals surface area contributed by atoms with E-state index in [1.54, 1.807) is 44.1 Å². The molecule has 0 saturated carbocycles. The number of nitrogens with zero attached hydrogens (tertiary/aromatic N) is 2. The number of hydrogen-bond donors (Lipinski definition) is 0. The fourth-order valence-corrected chi connectivity index (χ4v) is 1.26. The van der Waals surface area contributed by atoms with Crippen LogP contribution in [0.3, 0.4) is 0 Å². The lowest BCUT2D eigenvalue weighted by molar-refractivity contribution is 0.234. The highest BCUT2D eigenvalue weighted by atomic mass is 19.1. The summed E-state index contributed by atoms with van der Waals surface area (Å²) in [6.07, 6.45) is 0. The largest absolute Gasteiger partial charge is 0.288 e. The zero-order valence-corrected chi connectivity index (χ0v) is 8.58. The Labute approximate surface area is 83.6 Å². The maximum atomic E-state index is 13.5. The molecule has 14 heavy (non-hydrogen) atoms. The van der Waals surface area contributed by atoms with Gasteiger partial charge in [0, 0.05) is 5.56 Å². The Morgan fingerprint density at radius 1 is 1.36 bits per heavy atom. The molecule has 0 N–H and O–H groups in total. The van der Waals surface area contributed by atoms with E-state index in [1.165, 1.54) is 6.07 Å². The first-order valence-electron chi connectivity index (χ1n) is 4.36. The van der Waals surface area contributed by atoms with Crippen molar-refractivity contribution in [2.45, 2.75) is 12.5 Å². The van der Waals surface area contributed by atoms with Gasteiger partial charge >= 0.3 is 0 Å². The van der Waals surface area contributed by atoms with Gasteiger partial charge in [-0.15, -0.1) is 0 Å². The van der Waals surface area contributed by atoms with Crippen LogP contribution in [-0.4, -0.2) is 19.0 Å². The molecule has 0 bridgehead atoms. The molecule has 0 aliphatic carbocycles. The molecule has 0 aromatic heterocycles. The highest BCUT2D eigenvalue weighted by Gasteiger charge is 2.31. The summed E-state index contributed by atoms with van der Waals surface area (Å²) in [5.41, 5.74) is -0.502. The molecule has 1 atom stereocenters. The minimum Gasteiger partial charge on any atom is -0.288 e. The van der Waals surface area contributed by atoms with Gasteiger partial charge in [0.15, 0.2) is 0 Å². The lowest BCUT2D eigenvalue weighted by Gasteiger charge is -2.29. The molecular weight excluding hydrogens is 179 g/mol. The summed E-state index contributed by atoms with van der Waals surface area (Å²) in [4.78, 5) is 1.70. The second-order valence-electron chi connectivity index (χ2n) is 3.56. The molecular formula is C11H13FN2.